The van der Waals surface area contributed by atoms with Crippen molar-refractivity contribution in [2.24, 2.45) is 0 Å². The fraction of sp³-hybridized carbons (Fsp3) is 0.435. The van der Waals surface area contributed by atoms with Crippen molar-refractivity contribution in [1.29, 1.82) is 0 Å². The predicted octanol–water partition coefficient (Wildman–Crippen LogP) is -0.478. The standard InChI is InChI=1S/C23H29NO8S/c1-24(10-17(27)22(30)23(31)18(28)11-25)9-13(26)12-32-14-6-7-20-16(8-14)21(29)15-4-2-3-5-19(15)33-20/h2-8,13,17-18,22-23,25-28,30-31H,9-12H2,1H3. The summed E-state index contributed by atoms with van der Waals surface area (Å²) in [6.07, 6.45) is -7.29. The third-order valence-corrected chi connectivity index (χ3v) is 6.49. The van der Waals surface area contributed by atoms with Gasteiger partial charge in [0.05, 0.1) is 12.7 Å². The summed E-state index contributed by atoms with van der Waals surface area (Å²) >= 11 is 1.52. The Morgan fingerprint density at radius 2 is 1.58 bits per heavy atom. The van der Waals surface area contributed by atoms with E-state index < -0.39 is 37.1 Å². The number of likely N-dealkylation sites (N-methyl/N-ethyl adjacent to an activating group) is 1. The van der Waals surface area contributed by atoms with Crippen LogP contribution >= 0.6 is 11.3 Å². The maximum absolute atomic E-state index is 12.8. The van der Waals surface area contributed by atoms with E-state index in [-0.39, 0.29) is 25.1 Å². The third kappa shape index (κ3) is 6.25. The first-order valence-corrected chi connectivity index (χ1v) is 11.3. The lowest BCUT2D eigenvalue weighted by atomic mass is 10.0. The predicted molar refractivity (Wildman–Crippen MR) is 126 cm³/mol. The lowest BCUT2D eigenvalue weighted by molar-refractivity contribution is -0.119. The van der Waals surface area contributed by atoms with Crippen molar-refractivity contribution < 1.29 is 35.4 Å². The van der Waals surface area contributed by atoms with Crippen LogP contribution in [-0.4, -0.2) is 99.4 Å². The monoisotopic (exact) mass is 479 g/mol. The second-order valence-electron chi connectivity index (χ2n) is 8.07. The van der Waals surface area contributed by atoms with Crippen molar-refractivity contribution in [2.45, 2.75) is 30.5 Å². The molecule has 0 bridgehead atoms. The minimum absolute atomic E-state index is 0.0639. The molecular weight excluding hydrogens is 450 g/mol. The molecule has 0 fully saturated rings. The Bertz CT molecular complexity index is 1120. The van der Waals surface area contributed by atoms with Crippen molar-refractivity contribution in [1.82, 2.24) is 4.90 Å². The summed E-state index contributed by atoms with van der Waals surface area (Å²) in [6, 6.07) is 12.6. The molecule has 6 N–H and O–H groups in total. The molecule has 5 unspecified atom stereocenters. The Morgan fingerprint density at radius 3 is 2.30 bits per heavy atom. The van der Waals surface area contributed by atoms with E-state index in [1.54, 1.807) is 25.2 Å². The van der Waals surface area contributed by atoms with E-state index in [0.29, 0.717) is 16.5 Å². The van der Waals surface area contributed by atoms with E-state index in [4.69, 9.17) is 9.84 Å². The first-order chi connectivity index (χ1) is 15.7. The Hall–Kier alpha value is -2.15. The van der Waals surface area contributed by atoms with Crippen molar-refractivity contribution in [3.05, 3.63) is 52.7 Å². The first kappa shape index (κ1) is 25.5. The van der Waals surface area contributed by atoms with Gasteiger partial charge in [0.1, 0.15) is 36.8 Å². The summed E-state index contributed by atoms with van der Waals surface area (Å²) in [6.45, 7) is -0.825. The van der Waals surface area contributed by atoms with Crippen molar-refractivity contribution in [3.8, 4) is 5.75 Å². The lowest BCUT2D eigenvalue weighted by Crippen LogP contribution is -2.50. The van der Waals surface area contributed by atoms with Gasteiger partial charge < -0.3 is 40.3 Å². The van der Waals surface area contributed by atoms with Gasteiger partial charge in [0, 0.05) is 33.3 Å². The molecule has 0 saturated heterocycles. The molecule has 0 radical (unpaired) electrons. The minimum Gasteiger partial charge on any atom is -0.491 e. The molecule has 0 aliphatic carbocycles. The van der Waals surface area contributed by atoms with Crippen LogP contribution in [0.25, 0.3) is 20.2 Å². The highest BCUT2D eigenvalue weighted by Gasteiger charge is 2.30. The van der Waals surface area contributed by atoms with Crippen molar-refractivity contribution >= 4 is 31.5 Å². The number of ether oxygens (including phenoxy) is 1. The van der Waals surface area contributed by atoms with E-state index in [1.807, 2.05) is 24.3 Å². The second-order valence-corrected chi connectivity index (χ2v) is 9.15. The molecule has 10 heteroatoms. The Balaban J connectivity index is 1.57. The zero-order valence-electron chi connectivity index (χ0n) is 18.1. The van der Waals surface area contributed by atoms with Crippen LogP contribution in [0.1, 0.15) is 0 Å². The molecule has 180 valence electrons. The Morgan fingerprint density at radius 1 is 0.909 bits per heavy atom. The summed E-state index contributed by atoms with van der Waals surface area (Å²) in [5, 5.41) is 59.3. The van der Waals surface area contributed by atoms with Gasteiger partial charge in [-0.05, 0) is 37.4 Å². The summed E-state index contributed by atoms with van der Waals surface area (Å²) in [4.78, 5) is 14.3. The third-order valence-electron chi connectivity index (χ3n) is 5.34. The van der Waals surface area contributed by atoms with E-state index in [0.717, 1.165) is 9.40 Å². The van der Waals surface area contributed by atoms with Crippen LogP contribution in [0.15, 0.2) is 47.3 Å². The molecule has 0 aliphatic heterocycles. The van der Waals surface area contributed by atoms with Crippen LogP contribution in [0, 0.1) is 0 Å². The molecule has 0 saturated carbocycles. The van der Waals surface area contributed by atoms with E-state index in [9.17, 15) is 30.3 Å². The largest absolute Gasteiger partial charge is 0.491 e. The van der Waals surface area contributed by atoms with E-state index >= 15 is 0 Å². The topological polar surface area (TPSA) is 151 Å². The normalized spacial score (nSPS) is 16.6. The van der Waals surface area contributed by atoms with Gasteiger partial charge in [-0.25, -0.2) is 0 Å². The maximum Gasteiger partial charge on any atom is 0.196 e. The van der Waals surface area contributed by atoms with Crippen LogP contribution in [-0.2, 0) is 0 Å². The van der Waals surface area contributed by atoms with Gasteiger partial charge in [0.2, 0.25) is 0 Å². The molecule has 0 aliphatic rings. The fourth-order valence-corrected chi connectivity index (χ4v) is 4.59. The average Bonchev–Trinajstić information content (AvgIpc) is 2.81. The molecule has 33 heavy (non-hydrogen) atoms. The first-order valence-electron chi connectivity index (χ1n) is 10.5. The Labute approximate surface area is 194 Å². The SMILES string of the molecule is CN(CC(O)COc1ccc2sc3ccccc3c(=O)c2c1)CC(O)C(O)C(O)C(O)CO. The van der Waals surface area contributed by atoms with Gasteiger partial charge in [-0.15, -0.1) is 11.3 Å². The van der Waals surface area contributed by atoms with Crippen LogP contribution in [0.2, 0.25) is 0 Å². The van der Waals surface area contributed by atoms with Crippen LogP contribution in [0.5, 0.6) is 5.75 Å². The molecule has 0 spiro atoms. The number of aliphatic hydroxyl groups is 6. The average molecular weight is 480 g/mol. The highest BCUT2D eigenvalue weighted by Crippen LogP contribution is 2.27. The Kier molecular flexibility index (Phi) is 8.74. The fourth-order valence-electron chi connectivity index (χ4n) is 3.54. The van der Waals surface area contributed by atoms with E-state index in [1.165, 1.54) is 16.2 Å². The molecule has 9 nitrogen and oxygen atoms in total. The van der Waals surface area contributed by atoms with Crippen LogP contribution < -0.4 is 10.2 Å². The number of rotatable bonds is 11. The molecule has 3 aromatic rings. The molecular formula is C23H29NO8S. The molecule has 0 amide bonds. The summed E-state index contributed by atoms with van der Waals surface area (Å²) < 4.78 is 7.41. The van der Waals surface area contributed by atoms with Gasteiger partial charge in [-0.1, -0.05) is 12.1 Å². The smallest absolute Gasteiger partial charge is 0.196 e. The van der Waals surface area contributed by atoms with Crippen molar-refractivity contribution in [2.75, 3.05) is 33.4 Å². The number of benzene rings is 2. The molecule has 3 rings (SSSR count). The second kappa shape index (κ2) is 11.3. The minimum atomic E-state index is -1.71. The molecule has 2 aromatic carbocycles. The quantitative estimate of drug-likeness (QED) is 0.200. The molecule has 5 atom stereocenters. The zero-order valence-corrected chi connectivity index (χ0v) is 18.9. The zero-order chi connectivity index (χ0) is 24.1. The highest BCUT2D eigenvalue weighted by atomic mass is 32.1. The number of hydrogen-bond acceptors (Lipinski definition) is 10. The number of nitrogens with zero attached hydrogens (tertiary/aromatic N) is 1. The van der Waals surface area contributed by atoms with Crippen LogP contribution in [0.4, 0.5) is 0 Å². The van der Waals surface area contributed by atoms with Gasteiger partial charge >= 0.3 is 0 Å². The number of aliphatic hydroxyl groups excluding tert-OH is 6. The molecule has 1 heterocycles. The van der Waals surface area contributed by atoms with E-state index in [2.05, 4.69) is 0 Å². The van der Waals surface area contributed by atoms with Gasteiger partial charge in [-0.2, -0.15) is 0 Å². The summed E-state index contributed by atoms with van der Waals surface area (Å²) in [5.74, 6) is 0.445. The van der Waals surface area contributed by atoms with Crippen LogP contribution in [0.3, 0.4) is 0 Å². The summed E-state index contributed by atoms with van der Waals surface area (Å²) in [7, 11) is 1.60. The van der Waals surface area contributed by atoms with Gasteiger partial charge in [-0.3, -0.25) is 4.79 Å². The number of hydrogen-bond donors (Lipinski definition) is 6. The highest BCUT2D eigenvalue weighted by molar-refractivity contribution is 7.24. The van der Waals surface area contributed by atoms with Gasteiger partial charge in [0.15, 0.2) is 5.43 Å². The number of fused-ring (bicyclic) bond motifs is 2. The molecule has 1 aromatic heterocycles. The van der Waals surface area contributed by atoms with Gasteiger partial charge in [0.25, 0.3) is 0 Å². The summed E-state index contributed by atoms with van der Waals surface area (Å²) in [5.41, 5.74) is -0.0777. The van der Waals surface area contributed by atoms with Crippen molar-refractivity contribution in [3.63, 3.8) is 0 Å². The maximum atomic E-state index is 12.8. The lowest BCUT2D eigenvalue weighted by Gasteiger charge is -2.29.